The number of rotatable bonds is 1. The van der Waals surface area contributed by atoms with Gasteiger partial charge in [0.05, 0.1) is 11.8 Å². The van der Waals surface area contributed by atoms with E-state index in [-0.39, 0.29) is 24.8 Å². The lowest BCUT2D eigenvalue weighted by Gasteiger charge is -2.27. The molecule has 0 aliphatic carbocycles. The lowest BCUT2D eigenvalue weighted by molar-refractivity contribution is -0.121. The molecule has 1 aliphatic rings. The molecule has 0 radical (unpaired) electrons. The molecular weight excluding hydrogens is 196 g/mol. The summed E-state index contributed by atoms with van der Waals surface area (Å²) in [5.41, 5.74) is 0.438. The van der Waals surface area contributed by atoms with Crippen LogP contribution in [0, 0.1) is 11.3 Å². The summed E-state index contributed by atoms with van der Waals surface area (Å²) < 4.78 is 5.16. The van der Waals surface area contributed by atoms with Gasteiger partial charge in [-0.05, 0) is 12.1 Å². The van der Waals surface area contributed by atoms with Crippen LogP contribution in [-0.4, -0.2) is 24.2 Å². The molecule has 1 aromatic carbocycles. The molecule has 15 heavy (non-hydrogen) atoms. The average molecular weight is 204 g/mol. The Kier molecular flexibility index (Phi) is 2.18. The zero-order valence-corrected chi connectivity index (χ0v) is 7.80. The van der Waals surface area contributed by atoms with Crippen LogP contribution in [0.4, 0.5) is 5.69 Å². The van der Waals surface area contributed by atoms with Crippen molar-refractivity contribution in [2.24, 2.45) is 0 Å². The number of anilines is 1. The van der Waals surface area contributed by atoms with Crippen LogP contribution in [0.5, 0.6) is 11.5 Å². The second kappa shape index (κ2) is 3.50. The maximum Gasteiger partial charge on any atom is 0.265 e. The quantitative estimate of drug-likeness (QED) is 0.681. The number of carbonyl (C=O) groups excluding carboxylic acids is 1. The number of phenols is 1. The maximum atomic E-state index is 11.4. The molecule has 0 saturated carbocycles. The zero-order valence-electron chi connectivity index (χ0n) is 7.80. The highest BCUT2D eigenvalue weighted by Gasteiger charge is 2.25. The highest BCUT2D eigenvalue weighted by Crippen LogP contribution is 2.34. The Hall–Kier alpha value is -2.22. The average Bonchev–Trinajstić information content (AvgIpc) is 2.23. The summed E-state index contributed by atoms with van der Waals surface area (Å²) in [7, 11) is 0. The third-order valence-corrected chi connectivity index (χ3v) is 2.11. The van der Waals surface area contributed by atoms with Gasteiger partial charge in [0.1, 0.15) is 18.0 Å². The highest BCUT2D eigenvalue weighted by atomic mass is 16.5. The molecule has 1 aliphatic heterocycles. The van der Waals surface area contributed by atoms with Gasteiger partial charge in [-0.25, -0.2) is 0 Å². The van der Waals surface area contributed by atoms with Gasteiger partial charge in [0.2, 0.25) is 0 Å². The molecule has 76 valence electrons. The number of ether oxygens (including phenoxy) is 1. The van der Waals surface area contributed by atoms with Crippen LogP contribution in [0.1, 0.15) is 0 Å². The summed E-state index contributed by atoms with van der Waals surface area (Å²) in [4.78, 5) is 12.7. The minimum atomic E-state index is -0.283. The van der Waals surface area contributed by atoms with E-state index in [4.69, 9.17) is 10.00 Å². The number of phenolic OH excluding ortho intramolecular Hbond substituents is 1. The topological polar surface area (TPSA) is 73.6 Å². The van der Waals surface area contributed by atoms with Crippen molar-refractivity contribution in [3.63, 3.8) is 0 Å². The lowest BCUT2D eigenvalue weighted by atomic mass is 10.2. The fraction of sp³-hybridized carbons (Fsp3) is 0.200. The summed E-state index contributed by atoms with van der Waals surface area (Å²) in [5.74, 6) is 0.257. The van der Waals surface area contributed by atoms with Gasteiger partial charge in [-0.2, -0.15) is 5.26 Å². The first-order valence-electron chi connectivity index (χ1n) is 4.35. The maximum absolute atomic E-state index is 11.4. The Morgan fingerprint density at radius 1 is 1.60 bits per heavy atom. The summed E-state index contributed by atoms with van der Waals surface area (Å²) in [6, 6.07) is 6.34. The van der Waals surface area contributed by atoms with Crippen molar-refractivity contribution in [1.29, 1.82) is 5.26 Å². The molecule has 0 fully saturated rings. The Bertz CT molecular complexity index is 450. The van der Waals surface area contributed by atoms with Gasteiger partial charge in [0.15, 0.2) is 6.61 Å². The van der Waals surface area contributed by atoms with Crippen molar-refractivity contribution >= 4 is 11.6 Å². The summed E-state index contributed by atoms with van der Waals surface area (Å²) >= 11 is 0. The molecule has 0 aromatic heterocycles. The smallest absolute Gasteiger partial charge is 0.265 e. The van der Waals surface area contributed by atoms with Gasteiger partial charge in [0, 0.05) is 6.07 Å². The molecule has 5 nitrogen and oxygen atoms in total. The van der Waals surface area contributed by atoms with Gasteiger partial charge >= 0.3 is 0 Å². The van der Waals surface area contributed by atoms with E-state index in [0.717, 1.165) is 0 Å². The van der Waals surface area contributed by atoms with E-state index in [9.17, 15) is 9.90 Å². The minimum Gasteiger partial charge on any atom is -0.508 e. The van der Waals surface area contributed by atoms with Crippen molar-refractivity contribution in [1.82, 2.24) is 0 Å². The molecule has 1 aromatic rings. The molecule has 0 bridgehead atoms. The van der Waals surface area contributed by atoms with Crippen molar-refractivity contribution in [2.45, 2.75) is 0 Å². The number of hydrogen-bond donors (Lipinski definition) is 1. The first kappa shape index (κ1) is 9.34. The van der Waals surface area contributed by atoms with Crippen LogP contribution >= 0.6 is 0 Å². The second-order valence-corrected chi connectivity index (χ2v) is 3.08. The van der Waals surface area contributed by atoms with E-state index in [2.05, 4.69) is 0 Å². The van der Waals surface area contributed by atoms with Crippen molar-refractivity contribution in [3.05, 3.63) is 18.2 Å². The number of fused-ring (bicyclic) bond motifs is 1. The predicted molar refractivity (Wildman–Crippen MR) is 51.6 cm³/mol. The predicted octanol–water partition coefficient (Wildman–Crippen LogP) is 0.641. The Morgan fingerprint density at radius 3 is 3.13 bits per heavy atom. The van der Waals surface area contributed by atoms with Crippen LogP contribution in [0.25, 0.3) is 0 Å². The van der Waals surface area contributed by atoms with Gasteiger partial charge in [-0.3, -0.25) is 9.69 Å². The fourth-order valence-electron chi connectivity index (χ4n) is 1.43. The van der Waals surface area contributed by atoms with Crippen molar-refractivity contribution in [3.8, 4) is 17.6 Å². The van der Waals surface area contributed by atoms with Gasteiger partial charge in [-0.15, -0.1) is 0 Å². The van der Waals surface area contributed by atoms with Gasteiger partial charge in [0.25, 0.3) is 5.91 Å². The Labute approximate surface area is 86.1 Å². The number of nitrogens with zero attached hydrogens (tertiary/aromatic N) is 2. The first-order valence-corrected chi connectivity index (χ1v) is 4.35. The van der Waals surface area contributed by atoms with E-state index in [1.165, 1.54) is 17.0 Å². The standard InChI is InChI=1S/C10H8N2O3/c11-3-4-12-8-5-7(13)1-2-9(8)15-6-10(12)14/h1-2,5,13H,4,6H2. The fourth-order valence-corrected chi connectivity index (χ4v) is 1.43. The lowest BCUT2D eigenvalue weighted by Crippen LogP contribution is -2.38. The monoisotopic (exact) mass is 204 g/mol. The number of nitriles is 1. The molecule has 1 amide bonds. The van der Waals surface area contributed by atoms with Crippen molar-refractivity contribution < 1.29 is 14.6 Å². The Morgan fingerprint density at radius 2 is 2.40 bits per heavy atom. The highest BCUT2D eigenvalue weighted by molar-refractivity contribution is 5.98. The first-order chi connectivity index (χ1) is 7.22. The van der Waals surface area contributed by atoms with Crippen molar-refractivity contribution in [2.75, 3.05) is 18.1 Å². The molecule has 5 heteroatoms. The largest absolute Gasteiger partial charge is 0.508 e. The van der Waals surface area contributed by atoms with Crippen LogP contribution in [0.15, 0.2) is 18.2 Å². The molecule has 0 saturated heterocycles. The van der Waals surface area contributed by atoms with E-state index in [0.29, 0.717) is 11.4 Å². The number of carbonyl (C=O) groups is 1. The Balaban J connectivity index is 2.46. The van der Waals surface area contributed by atoms with Crippen LogP contribution in [0.2, 0.25) is 0 Å². The van der Waals surface area contributed by atoms with Gasteiger partial charge < -0.3 is 9.84 Å². The summed E-state index contributed by atoms with van der Waals surface area (Å²) in [6.07, 6.45) is 0. The molecular formula is C10H8N2O3. The molecule has 1 heterocycles. The van der Waals surface area contributed by atoms with E-state index < -0.39 is 0 Å². The van der Waals surface area contributed by atoms with E-state index >= 15 is 0 Å². The zero-order chi connectivity index (χ0) is 10.8. The summed E-state index contributed by atoms with van der Waals surface area (Å²) in [5, 5.41) is 17.9. The molecule has 1 N–H and O–H groups in total. The third kappa shape index (κ3) is 1.57. The normalized spacial score (nSPS) is 14.1. The van der Waals surface area contributed by atoms with Crippen LogP contribution < -0.4 is 9.64 Å². The van der Waals surface area contributed by atoms with Crippen LogP contribution in [0.3, 0.4) is 0 Å². The number of amides is 1. The van der Waals surface area contributed by atoms with E-state index in [1.54, 1.807) is 6.07 Å². The minimum absolute atomic E-state index is 0.0370. The summed E-state index contributed by atoms with van der Waals surface area (Å²) in [6.45, 7) is -0.113. The second-order valence-electron chi connectivity index (χ2n) is 3.08. The van der Waals surface area contributed by atoms with Crippen LogP contribution in [-0.2, 0) is 4.79 Å². The van der Waals surface area contributed by atoms with Gasteiger partial charge in [-0.1, -0.05) is 0 Å². The SMILES string of the molecule is N#CCN1C(=O)COc2ccc(O)cc21. The molecule has 0 spiro atoms. The molecule has 0 atom stereocenters. The number of aromatic hydroxyl groups is 1. The number of benzene rings is 1. The molecule has 0 unspecified atom stereocenters. The number of hydrogen-bond acceptors (Lipinski definition) is 4. The third-order valence-electron chi connectivity index (χ3n) is 2.11. The van der Waals surface area contributed by atoms with E-state index in [1.807, 2.05) is 6.07 Å². The molecule has 2 rings (SSSR count).